The average Bonchev–Trinajstić information content (AvgIpc) is 2.77. The van der Waals surface area contributed by atoms with Crippen molar-refractivity contribution < 1.29 is 9.53 Å². The Labute approximate surface area is 176 Å². The lowest BCUT2D eigenvalue weighted by molar-refractivity contribution is 0.104. The van der Waals surface area contributed by atoms with Crippen molar-refractivity contribution in [1.82, 2.24) is 15.0 Å². The number of pyridine rings is 3. The first kappa shape index (κ1) is 19.5. The predicted octanol–water partition coefficient (Wildman–Crippen LogP) is 4.54. The van der Waals surface area contributed by atoms with E-state index in [2.05, 4.69) is 15.0 Å². The normalized spacial score (nSPS) is 11.1. The smallest absolute Gasteiger partial charge is 0.260 e. The molecule has 0 aliphatic carbocycles. The number of halogens is 1. The van der Waals surface area contributed by atoms with Gasteiger partial charge in [-0.25, -0.2) is 0 Å². The minimum Gasteiger partial charge on any atom is -0.495 e. The minimum absolute atomic E-state index is 0.00741. The molecule has 0 unspecified atom stereocenters. The molecule has 0 saturated carbocycles. The molecular weight excluding hydrogens is 402 g/mol. The van der Waals surface area contributed by atoms with Crippen LogP contribution in [0.3, 0.4) is 0 Å². The van der Waals surface area contributed by atoms with Gasteiger partial charge in [-0.2, -0.15) is 0 Å². The van der Waals surface area contributed by atoms with Crippen molar-refractivity contribution in [2.24, 2.45) is 0 Å². The van der Waals surface area contributed by atoms with Gasteiger partial charge in [-0.3, -0.25) is 19.6 Å². The van der Waals surface area contributed by atoms with Crippen LogP contribution in [0.15, 0.2) is 71.9 Å². The number of fused-ring (bicyclic) bond motifs is 1. The van der Waals surface area contributed by atoms with E-state index in [0.29, 0.717) is 38.5 Å². The molecule has 7 heteroatoms. The third-order valence-corrected chi connectivity index (χ3v) is 4.79. The highest BCUT2D eigenvalue weighted by Crippen LogP contribution is 2.32. The highest BCUT2D eigenvalue weighted by molar-refractivity contribution is 6.31. The third kappa shape index (κ3) is 3.86. The zero-order valence-electron chi connectivity index (χ0n) is 15.9. The van der Waals surface area contributed by atoms with E-state index in [1.165, 1.54) is 13.2 Å². The zero-order chi connectivity index (χ0) is 21.1. The van der Waals surface area contributed by atoms with Crippen molar-refractivity contribution in [2.45, 2.75) is 0 Å². The molecule has 0 saturated heterocycles. The molecule has 4 aromatic rings. The molecule has 30 heavy (non-hydrogen) atoms. The maximum Gasteiger partial charge on any atom is 0.260 e. The Bertz CT molecular complexity index is 1330. The summed E-state index contributed by atoms with van der Waals surface area (Å²) in [5, 5.41) is 1.11. The fourth-order valence-corrected chi connectivity index (χ4v) is 3.36. The monoisotopic (exact) mass is 417 g/mol. The second-order valence-corrected chi connectivity index (χ2v) is 6.90. The summed E-state index contributed by atoms with van der Waals surface area (Å²) in [6.07, 6.45) is 7.66. The number of aromatic amines is 1. The van der Waals surface area contributed by atoms with Crippen LogP contribution in [0.5, 0.6) is 5.75 Å². The molecule has 1 N–H and O–H groups in total. The molecule has 0 fully saturated rings. The summed E-state index contributed by atoms with van der Waals surface area (Å²) < 4.78 is 5.27. The van der Waals surface area contributed by atoms with Gasteiger partial charge < -0.3 is 9.72 Å². The number of hydrogen-bond acceptors (Lipinski definition) is 5. The Morgan fingerprint density at radius 2 is 2.03 bits per heavy atom. The SMILES string of the molecule is COc1cncc(-c2c(C(=O)/C=C/c3ccccn3)c(=O)[nH]c3ccc(Cl)cc23)c1. The first-order valence-corrected chi connectivity index (χ1v) is 9.43. The Morgan fingerprint density at radius 3 is 2.80 bits per heavy atom. The van der Waals surface area contributed by atoms with E-state index in [0.717, 1.165) is 0 Å². The maximum absolute atomic E-state index is 13.1. The molecular formula is C23H16ClN3O3. The van der Waals surface area contributed by atoms with Crippen molar-refractivity contribution in [3.63, 3.8) is 0 Å². The van der Waals surface area contributed by atoms with Crippen molar-refractivity contribution in [1.29, 1.82) is 0 Å². The lowest BCUT2D eigenvalue weighted by Crippen LogP contribution is -2.18. The average molecular weight is 418 g/mol. The highest BCUT2D eigenvalue weighted by atomic mass is 35.5. The summed E-state index contributed by atoms with van der Waals surface area (Å²) in [6, 6.07) is 12.2. The van der Waals surface area contributed by atoms with Crippen molar-refractivity contribution >= 4 is 34.4 Å². The van der Waals surface area contributed by atoms with Crippen LogP contribution in [0.1, 0.15) is 16.1 Å². The summed E-state index contributed by atoms with van der Waals surface area (Å²) in [4.78, 5) is 37.1. The van der Waals surface area contributed by atoms with Gasteiger partial charge in [0.2, 0.25) is 0 Å². The lowest BCUT2D eigenvalue weighted by Gasteiger charge is -2.12. The van der Waals surface area contributed by atoms with E-state index in [9.17, 15) is 9.59 Å². The van der Waals surface area contributed by atoms with Gasteiger partial charge in [-0.05, 0) is 48.6 Å². The first-order valence-electron chi connectivity index (χ1n) is 9.05. The summed E-state index contributed by atoms with van der Waals surface area (Å²) in [5.41, 5.74) is 1.68. The number of methoxy groups -OCH3 is 1. The van der Waals surface area contributed by atoms with Crippen LogP contribution in [0.25, 0.3) is 28.1 Å². The molecule has 6 nitrogen and oxygen atoms in total. The van der Waals surface area contributed by atoms with Gasteiger partial charge in [-0.15, -0.1) is 0 Å². The van der Waals surface area contributed by atoms with Gasteiger partial charge in [0.1, 0.15) is 5.75 Å². The molecule has 0 radical (unpaired) electrons. The predicted molar refractivity (Wildman–Crippen MR) is 117 cm³/mol. The number of allylic oxidation sites excluding steroid dienone is 1. The molecule has 4 rings (SSSR count). The van der Waals surface area contributed by atoms with Gasteiger partial charge in [0.15, 0.2) is 5.78 Å². The van der Waals surface area contributed by atoms with Crippen molar-refractivity contribution in [3.05, 3.63) is 93.8 Å². The Kier molecular flexibility index (Phi) is 5.41. The van der Waals surface area contributed by atoms with Crippen LogP contribution < -0.4 is 10.3 Å². The summed E-state index contributed by atoms with van der Waals surface area (Å²) >= 11 is 6.21. The van der Waals surface area contributed by atoms with Gasteiger partial charge in [0.25, 0.3) is 5.56 Å². The van der Waals surface area contributed by atoms with Gasteiger partial charge in [-0.1, -0.05) is 17.7 Å². The van der Waals surface area contributed by atoms with E-state index in [1.807, 2.05) is 6.07 Å². The Hall–Kier alpha value is -3.77. The Balaban J connectivity index is 1.96. The Morgan fingerprint density at radius 1 is 1.17 bits per heavy atom. The number of H-pyrrole nitrogens is 1. The molecule has 1 aromatic carbocycles. The molecule has 3 heterocycles. The number of rotatable bonds is 5. The van der Waals surface area contributed by atoms with Gasteiger partial charge >= 0.3 is 0 Å². The molecule has 0 atom stereocenters. The van der Waals surface area contributed by atoms with Crippen LogP contribution in [0.2, 0.25) is 5.02 Å². The summed E-state index contributed by atoms with van der Waals surface area (Å²) in [6.45, 7) is 0. The number of benzene rings is 1. The number of nitrogens with one attached hydrogen (secondary N) is 1. The zero-order valence-corrected chi connectivity index (χ0v) is 16.7. The van der Waals surface area contributed by atoms with Crippen LogP contribution in [0.4, 0.5) is 0 Å². The first-order chi connectivity index (χ1) is 14.6. The van der Waals surface area contributed by atoms with E-state index in [4.69, 9.17) is 16.3 Å². The van der Waals surface area contributed by atoms with Crippen molar-refractivity contribution in [3.8, 4) is 16.9 Å². The summed E-state index contributed by atoms with van der Waals surface area (Å²) in [5.74, 6) is 0.0481. The second kappa shape index (κ2) is 8.31. The quantitative estimate of drug-likeness (QED) is 0.380. The van der Waals surface area contributed by atoms with Crippen LogP contribution in [-0.2, 0) is 0 Å². The van der Waals surface area contributed by atoms with Crippen LogP contribution >= 0.6 is 11.6 Å². The van der Waals surface area contributed by atoms with Crippen LogP contribution in [-0.4, -0.2) is 27.8 Å². The molecule has 3 aromatic heterocycles. The standard InChI is InChI=1S/C23H16ClN3O3/c1-30-17-10-14(12-25-13-17)21-18-11-15(24)5-7-19(18)27-23(29)22(21)20(28)8-6-16-4-2-3-9-26-16/h2-13H,1H3,(H,27,29)/b8-6+. The molecule has 0 bridgehead atoms. The molecule has 0 aliphatic rings. The maximum atomic E-state index is 13.1. The molecule has 148 valence electrons. The fraction of sp³-hybridized carbons (Fsp3) is 0.0435. The molecule has 0 aliphatic heterocycles. The largest absolute Gasteiger partial charge is 0.495 e. The summed E-state index contributed by atoms with van der Waals surface area (Å²) in [7, 11) is 1.52. The third-order valence-electron chi connectivity index (χ3n) is 4.55. The van der Waals surface area contributed by atoms with E-state index in [-0.39, 0.29) is 5.56 Å². The highest BCUT2D eigenvalue weighted by Gasteiger charge is 2.20. The van der Waals surface area contributed by atoms with E-state index >= 15 is 0 Å². The topological polar surface area (TPSA) is 84.9 Å². The molecule has 0 spiro atoms. The van der Waals surface area contributed by atoms with Gasteiger partial charge in [0, 0.05) is 39.4 Å². The number of ether oxygens (including phenoxy) is 1. The van der Waals surface area contributed by atoms with Crippen molar-refractivity contribution in [2.75, 3.05) is 7.11 Å². The number of aromatic nitrogens is 3. The number of carbonyl (C=O) groups is 1. The van der Waals surface area contributed by atoms with Crippen LogP contribution in [0, 0.1) is 0 Å². The molecule has 0 amide bonds. The van der Waals surface area contributed by atoms with E-state index < -0.39 is 11.3 Å². The minimum atomic E-state index is -0.502. The fourth-order valence-electron chi connectivity index (χ4n) is 3.19. The number of carbonyl (C=O) groups excluding carboxylic acids is 1. The van der Waals surface area contributed by atoms with Gasteiger partial charge in [0.05, 0.1) is 24.6 Å². The number of ketones is 1. The lowest BCUT2D eigenvalue weighted by atomic mass is 9.94. The number of nitrogens with zero attached hydrogens (tertiary/aromatic N) is 2. The van der Waals surface area contributed by atoms with E-state index in [1.54, 1.807) is 61.1 Å². The second-order valence-electron chi connectivity index (χ2n) is 6.46. The number of hydrogen-bond donors (Lipinski definition) is 1.